The smallest absolute Gasteiger partial charge is 0.475 e. The number of thiophene rings is 1. The van der Waals surface area contributed by atoms with Crippen LogP contribution in [-0.2, 0) is 20.9 Å². The molecule has 27 heavy (non-hydrogen) atoms. The van der Waals surface area contributed by atoms with Gasteiger partial charge in [0.15, 0.2) is 0 Å². The zero-order valence-corrected chi connectivity index (χ0v) is 16.0. The van der Waals surface area contributed by atoms with Crippen molar-refractivity contribution in [3.8, 4) is 0 Å². The normalized spacial score (nSPS) is 23.1. The van der Waals surface area contributed by atoms with Crippen molar-refractivity contribution in [2.24, 2.45) is 0 Å². The monoisotopic (exact) mass is 408 g/mol. The molecule has 0 radical (unpaired) electrons. The van der Waals surface area contributed by atoms with Gasteiger partial charge in [-0.25, -0.2) is 4.79 Å². The van der Waals surface area contributed by atoms with Gasteiger partial charge in [0.25, 0.3) is 0 Å². The molecule has 2 aliphatic heterocycles. The summed E-state index contributed by atoms with van der Waals surface area (Å²) in [6.07, 6.45) is -3.06. The summed E-state index contributed by atoms with van der Waals surface area (Å²) in [6.45, 7) is 5.49. The lowest BCUT2D eigenvalue weighted by molar-refractivity contribution is -0.192. The molecule has 3 heterocycles. The van der Waals surface area contributed by atoms with Gasteiger partial charge in [-0.15, -0.1) is 11.3 Å². The zero-order valence-electron chi connectivity index (χ0n) is 15.2. The lowest BCUT2D eigenvalue weighted by Crippen LogP contribution is -2.62. The number of rotatable bonds is 2. The minimum Gasteiger partial charge on any atom is -0.475 e. The van der Waals surface area contributed by atoms with Gasteiger partial charge in [0.2, 0.25) is 5.91 Å². The standard InChI is InChI=1S/C15H22N2O2S.C2HF3O2/c1-12-15(19-11-14(18)16(12)2)5-7-17(8-6-15)10-13-4-3-9-20-13;3-2(4,5)1(6)7/h3-4,9,12H,5-8,10-11H2,1-2H3;(H,6,7). The van der Waals surface area contributed by atoms with E-state index < -0.39 is 12.1 Å². The van der Waals surface area contributed by atoms with Crippen molar-refractivity contribution in [2.75, 3.05) is 26.7 Å². The van der Waals surface area contributed by atoms with Gasteiger partial charge >= 0.3 is 12.1 Å². The molecule has 0 aromatic carbocycles. The Balaban J connectivity index is 0.000000321. The van der Waals surface area contributed by atoms with Crippen molar-refractivity contribution in [2.45, 2.75) is 44.1 Å². The van der Waals surface area contributed by atoms with Gasteiger partial charge in [-0.2, -0.15) is 13.2 Å². The van der Waals surface area contributed by atoms with E-state index in [1.54, 1.807) is 0 Å². The van der Waals surface area contributed by atoms with Gasteiger partial charge in [-0.1, -0.05) is 6.07 Å². The Hall–Kier alpha value is -1.65. The quantitative estimate of drug-likeness (QED) is 0.815. The number of hydrogen-bond acceptors (Lipinski definition) is 5. The number of carboxylic acids is 1. The predicted octanol–water partition coefficient (Wildman–Crippen LogP) is 2.59. The molecule has 6 nitrogen and oxygen atoms in total. The first-order chi connectivity index (χ1) is 12.5. The van der Waals surface area contributed by atoms with Crippen LogP contribution in [0.15, 0.2) is 17.5 Å². The van der Waals surface area contributed by atoms with Crippen molar-refractivity contribution < 1.29 is 32.6 Å². The number of carbonyl (C=O) groups excluding carboxylic acids is 1. The van der Waals surface area contributed by atoms with Gasteiger partial charge in [-0.05, 0) is 31.2 Å². The predicted molar refractivity (Wildman–Crippen MR) is 93.4 cm³/mol. The zero-order chi connectivity index (χ0) is 20.2. The summed E-state index contributed by atoms with van der Waals surface area (Å²) in [5, 5.41) is 9.26. The third-order valence-electron chi connectivity index (χ3n) is 5.12. The van der Waals surface area contributed by atoms with E-state index >= 15 is 0 Å². The van der Waals surface area contributed by atoms with E-state index in [4.69, 9.17) is 14.6 Å². The Labute approximate surface area is 159 Å². The number of morpholine rings is 1. The fraction of sp³-hybridized carbons (Fsp3) is 0.647. The summed E-state index contributed by atoms with van der Waals surface area (Å²) in [6, 6.07) is 4.48. The van der Waals surface area contributed by atoms with Gasteiger partial charge in [-0.3, -0.25) is 9.69 Å². The number of carboxylic acid groups (broad SMARTS) is 1. The van der Waals surface area contributed by atoms with E-state index in [1.807, 2.05) is 23.3 Å². The van der Waals surface area contributed by atoms with Crippen LogP contribution in [-0.4, -0.2) is 71.3 Å². The number of amides is 1. The summed E-state index contributed by atoms with van der Waals surface area (Å²) in [5.74, 6) is -2.66. The highest BCUT2D eigenvalue weighted by Gasteiger charge is 2.46. The molecule has 2 fully saturated rings. The summed E-state index contributed by atoms with van der Waals surface area (Å²) < 4.78 is 37.7. The highest BCUT2D eigenvalue weighted by Crippen LogP contribution is 2.35. The molecule has 1 unspecified atom stereocenters. The number of alkyl halides is 3. The van der Waals surface area contributed by atoms with Gasteiger partial charge in [0.1, 0.15) is 6.61 Å². The lowest BCUT2D eigenvalue weighted by atomic mass is 9.83. The molecule has 0 aliphatic carbocycles. The first-order valence-electron chi connectivity index (χ1n) is 8.49. The third kappa shape index (κ3) is 5.43. The van der Waals surface area contributed by atoms with E-state index in [0.29, 0.717) is 0 Å². The summed E-state index contributed by atoms with van der Waals surface area (Å²) in [5.41, 5.74) is -0.130. The van der Waals surface area contributed by atoms with Gasteiger partial charge < -0.3 is 14.7 Å². The maximum atomic E-state index is 11.7. The van der Waals surface area contributed by atoms with E-state index in [-0.39, 0.29) is 24.2 Å². The van der Waals surface area contributed by atoms with Crippen LogP contribution in [0, 0.1) is 0 Å². The molecule has 1 spiro atoms. The van der Waals surface area contributed by atoms with Gasteiger partial charge in [0.05, 0.1) is 11.6 Å². The molecule has 1 amide bonds. The van der Waals surface area contributed by atoms with Crippen LogP contribution in [0.1, 0.15) is 24.6 Å². The van der Waals surface area contributed by atoms with Gasteiger partial charge in [0, 0.05) is 31.6 Å². The molecule has 2 saturated heterocycles. The second kappa shape index (κ2) is 8.57. The summed E-state index contributed by atoms with van der Waals surface area (Å²) in [4.78, 5) is 26.4. The van der Waals surface area contributed by atoms with Crippen LogP contribution in [0.5, 0.6) is 0 Å². The third-order valence-corrected chi connectivity index (χ3v) is 5.98. The largest absolute Gasteiger partial charge is 0.490 e. The Morgan fingerprint density at radius 3 is 2.48 bits per heavy atom. The van der Waals surface area contributed by atoms with Crippen molar-refractivity contribution in [1.29, 1.82) is 0 Å². The molecule has 0 bridgehead atoms. The number of piperidine rings is 1. The average molecular weight is 408 g/mol. The number of carbonyl (C=O) groups is 2. The lowest BCUT2D eigenvalue weighted by Gasteiger charge is -2.50. The molecule has 3 rings (SSSR count). The van der Waals surface area contributed by atoms with E-state index in [9.17, 15) is 18.0 Å². The fourth-order valence-electron chi connectivity index (χ4n) is 3.27. The number of hydrogen-bond donors (Lipinski definition) is 1. The second-order valence-electron chi connectivity index (χ2n) is 6.69. The molecule has 2 aliphatic rings. The van der Waals surface area contributed by atoms with E-state index in [1.165, 1.54) is 4.88 Å². The SMILES string of the molecule is CC1N(C)C(=O)COC12CCN(Cc1cccs1)CC2.O=C(O)C(F)(F)F. The van der Waals surface area contributed by atoms with Crippen LogP contribution >= 0.6 is 11.3 Å². The molecular weight excluding hydrogens is 385 g/mol. The molecule has 1 aromatic heterocycles. The maximum absolute atomic E-state index is 11.7. The number of nitrogens with zero attached hydrogens (tertiary/aromatic N) is 2. The topological polar surface area (TPSA) is 70.1 Å². The number of likely N-dealkylation sites (N-methyl/N-ethyl adjacent to an activating group) is 1. The molecule has 10 heteroatoms. The minimum atomic E-state index is -5.08. The number of halogens is 3. The Morgan fingerprint density at radius 1 is 1.41 bits per heavy atom. The van der Waals surface area contributed by atoms with Crippen molar-refractivity contribution in [3.63, 3.8) is 0 Å². The van der Waals surface area contributed by atoms with E-state index in [0.717, 1.165) is 32.5 Å². The van der Waals surface area contributed by atoms with Crippen LogP contribution < -0.4 is 0 Å². The highest BCUT2D eigenvalue weighted by atomic mass is 32.1. The summed E-state index contributed by atoms with van der Waals surface area (Å²) in [7, 11) is 1.90. The second-order valence-corrected chi connectivity index (χ2v) is 7.72. The fourth-order valence-corrected chi connectivity index (χ4v) is 4.02. The highest BCUT2D eigenvalue weighted by molar-refractivity contribution is 7.09. The van der Waals surface area contributed by atoms with E-state index in [2.05, 4.69) is 29.3 Å². The molecular formula is C17H23F3N2O4S. The number of likely N-dealkylation sites (tertiary alicyclic amines) is 1. The number of aliphatic carboxylic acids is 1. The van der Waals surface area contributed by atoms with Crippen LogP contribution in [0.2, 0.25) is 0 Å². The maximum Gasteiger partial charge on any atom is 0.490 e. The van der Waals surface area contributed by atoms with Crippen molar-refractivity contribution in [3.05, 3.63) is 22.4 Å². The first-order valence-corrected chi connectivity index (χ1v) is 9.37. The van der Waals surface area contributed by atoms with Crippen LogP contribution in [0.25, 0.3) is 0 Å². The molecule has 1 aromatic rings. The Morgan fingerprint density at radius 2 is 2.00 bits per heavy atom. The van der Waals surface area contributed by atoms with Crippen molar-refractivity contribution in [1.82, 2.24) is 9.80 Å². The van der Waals surface area contributed by atoms with Crippen molar-refractivity contribution >= 4 is 23.2 Å². The molecule has 1 N–H and O–H groups in total. The molecule has 0 saturated carbocycles. The average Bonchev–Trinajstić information content (AvgIpc) is 3.11. The first kappa shape index (κ1) is 21.6. The van der Waals surface area contributed by atoms with Crippen LogP contribution in [0.4, 0.5) is 13.2 Å². The molecule has 1 atom stereocenters. The number of ether oxygens (including phenoxy) is 1. The Bertz CT molecular complexity index is 643. The Kier molecular flexibility index (Phi) is 6.87. The molecule has 152 valence electrons. The summed E-state index contributed by atoms with van der Waals surface area (Å²) >= 11 is 1.82. The van der Waals surface area contributed by atoms with Crippen LogP contribution in [0.3, 0.4) is 0 Å². The minimum absolute atomic E-state index is 0.101.